The average molecular weight is 365 g/mol. The van der Waals surface area contributed by atoms with Crippen LogP contribution in [0.25, 0.3) is 0 Å². The second kappa shape index (κ2) is 6.16. The number of aromatic nitrogens is 1. The topological polar surface area (TPSA) is 99.2 Å². The first-order valence-corrected chi connectivity index (χ1v) is 8.22. The van der Waals surface area contributed by atoms with Crippen molar-refractivity contribution in [1.82, 2.24) is 4.98 Å². The van der Waals surface area contributed by atoms with Crippen molar-refractivity contribution in [3.8, 4) is 0 Å². The largest absolute Gasteiger partial charge is 0.550 e. The number of nitrogens with one attached hydrogen (secondary N) is 1. The van der Waals surface area contributed by atoms with E-state index in [1.807, 2.05) is 0 Å². The van der Waals surface area contributed by atoms with Crippen LogP contribution in [0, 0.1) is 0 Å². The molecule has 0 aliphatic heterocycles. The molecule has 0 saturated carbocycles. The van der Waals surface area contributed by atoms with Gasteiger partial charge in [-0.05, 0) is 24.3 Å². The zero-order chi connectivity index (χ0) is 17.3. The molecular formula is C12H8F3N2O4S2-. The van der Waals surface area contributed by atoms with Gasteiger partial charge in [0, 0.05) is 23.5 Å². The highest BCUT2D eigenvalue weighted by Crippen LogP contribution is 2.30. The van der Waals surface area contributed by atoms with Crippen molar-refractivity contribution < 1.29 is 31.5 Å². The summed E-state index contributed by atoms with van der Waals surface area (Å²) in [6.45, 7) is 0. The van der Waals surface area contributed by atoms with Gasteiger partial charge in [-0.1, -0.05) is 0 Å². The van der Waals surface area contributed by atoms with Crippen molar-refractivity contribution in [2.75, 3.05) is 4.72 Å². The van der Waals surface area contributed by atoms with E-state index in [1.54, 1.807) is 0 Å². The fraction of sp³-hybridized carbons (Fsp3) is 0.167. The number of carbonyl (C=O) groups is 1. The molecular weight excluding hydrogens is 357 g/mol. The number of hydrogen-bond donors (Lipinski definition) is 1. The molecule has 124 valence electrons. The molecule has 0 atom stereocenters. The maximum absolute atomic E-state index is 12.4. The first-order valence-electron chi connectivity index (χ1n) is 5.92. The molecule has 1 heterocycles. The zero-order valence-corrected chi connectivity index (χ0v) is 12.8. The van der Waals surface area contributed by atoms with E-state index in [9.17, 15) is 31.5 Å². The molecule has 2 rings (SSSR count). The van der Waals surface area contributed by atoms with Crippen molar-refractivity contribution in [1.29, 1.82) is 0 Å². The number of carbonyl (C=O) groups excluding carboxylic acids is 1. The number of nitrogens with zero attached hydrogens (tertiary/aromatic N) is 1. The van der Waals surface area contributed by atoms with Gasteiger partial charge in [0.05, 0.1) is 10.5 Å². The lowest BCUT2D eigenvalue weighted by atomic mass is 10.2. The van der Waals surface area contributed by atoms with Gasteiger partial charge in [-0.3, -0.25) is 4.72 Å². The molecule has 0 amide bonds. The van der Waals surface area contributed by atoms with Gasteiger partial charge in [-0.2, -0.15) is 13.2 Å². The first kappa shape index (κ1) is 17.2. The van der Waals surface area contributed by atoms with Crippen molar-refractivity contribution in [3.05, 3.63) is 40.9 Å². The first-order chi connectivity index (χ1) is 10.6. The Morgan fingerprint density at radius 2 is 1.87 bits per heavy atom. The second-order valence-electron chi connectivity index (χ2n) is 4.31. The number of thiazole rings is 1. The Bertz CT molecular complexity index is 814. The smallest absolute Gasteiger partial charge is 0.416 e. The molecule has 0 spiro atoms. The SMILES string of the molecule is O=C([O-])Cc1cnc(NS(=O)(=O)c2ccc(C(F)(F)F)cc2)s1. The Labute approximate surface area is 132 Å². The molecule has 11 heteroatoms. The van der Waals surface area contributed by atoms with E-state index in [1.165, 1.54) is 6.20 Å². The number of aliphatic carboxylic acids is 1. The summed E-state index contributed by atoms with van der Waals surface area (Å²) in [5.74, 6) is -1.34. The van der Waals surface area contributed by atoms with Crippen LogP contribution in [0.3, 0.4) is 0 Å². The van der Waals surface area contributed by atoms with Crippen molar-refractivity contribution in [2.45, 2.75) is 17.5 Å². The highest BCUT2D eigenvalue weighted by atomic mass is 32.2. The minimum Gasteiger partial charge on any atom is -0.550 e. The third kappa shape index (κ3) is 4.42. The molecule has 2 aromatic rings. The van der Waals surface area contributed by atoms with Crippen molar-refractivity contribution in [3.63, 3.8) is 0 Å². The van der Waals surface area contributed by atoms with E-state index >= 15 is 0 Å². The van der Waals surface area contributed by atoms with E-state index in [-0.39, 0.29) is 14.9 Å². The summed E-state index contributed by atoms with van der Waals surface area (Å²) in [6.07, 6.45) is -3.81. The van der Waals surface area contributed by atoms with Gasteiger partial charge in [0.15, 0.2) is 5.13 Å². The minimum atomic E-state index is -4.56. The molecule has 0 aliphatic rings. The lowest BCUT2D eigenvalue weighted by Crippen LogP contribution is -2.23. The van der Waals surface area contributed by atoms with E-state index in [4.69, 9.17) is 0 Å². The Hall–Kier alpha value is -2.14. The molecule has 6 nitrogen and oxygen atoms in total. The highest BCUT2D eigenvalue weighted by molar-refractivity contribution is 7.93. The number of anilines is 1. The Kier molecular flexibility index (Phi) is 4.61. The third-order valence-electron chi connectivity index (χ3n) is 2.59. The third-order valence-corrected chi connectivity index (χ3v) is 4.98. The van der Waals surface area contributed by atoms with Crippen LogP contribution >= 0.6 is 11.3 Å². The zero-order valence-electron chi connectivity index (χ0n) is 11.1. The van der Waals surface area contributed by atoms with Crippen LogP contribution in [0.1, 0.15) is 10.4 Å². The number of hydrogen-bond acceptors (Lipinski definition) is 6. The lowest BCUT2D eigenvalue weighted by molar-refractivity contribution is -0.304. The second-order valence-corrected chi connectivity index (χ2v) is 7.11. The number of carboxylic acids is 1. The number of sulfonamides is 1. The maximum Gasteiger partial charge on any atom is 0.416 e. The van der Waals surface area contributed by atoms with Gasteiger partial charge in [0.2, 0.25) is 0 Å². The number of rotatable bonds is 5. The van der Waals surface area contributed by atoms with Crippen LogP contribution in [-0.2, 0) is 27.4 Å². The monoisotopic (exact) mass is 365 g/mol. The summed E-state index contributed by atoms with van der Waals surface area (Å²) in [4.78, 5) is 14.0. The molecule has 0 bridgehead atoms. The van der Waals surface area contributed by atoms with Crippen LogP contribution in [0.4, 0.5) is 18.3 Å². The minimum absolute atomic E-state index is 0.0962. The van der Waals surface area contributed by atoms with E-state index in [2.05, 4.69) is 9.71 Å². The van der Waals surface area contributed by atoms with Crippen LogP contribution in [0.5, 0.6) is 0 Å². The van der Waals surface area contributed by atoms with Gasteiger partial charge < -0.3 is 9.90 Å². The van der Waals surface area contributed by atoms with Crippen LogP contribution in [-0.4, -0.2) is 19.4 Å². The normalized spacial score (nSPS) is 12.1. The van der Waals surface area contributed by atoms with Gasteiger partial charge >= 0.3 is 6.18 Å². The molecule has 1 N–H and O–H groups in total. The van der Waals surface area contributed by atoms with Crippen molar-refractivity contribution >= 4 is 32.5 Å². The van der Waals surface area contributed by atoms with Gasteiger partial charge in [-0.15, -0.1) is 11.3 Å². The van der Waals surface area contributed by atoms with E-state index < -0.39 is 34.2 Å². The Morgan fingerprint density at radius 1 is 1.26 bits per heavy atom. The summed E-state index contributed by atoms with van der Waals surface area (Å²) in [5.41, 5.74) is -0.970. The standard InChI is InChI=1S/C12H9F3N2O4S2/c13-12(14,15)7-1-3-9(4-2-7)23(20,21)17-11-16-6-8(22-11)5-10(18)19/h1-4,6H,5H2,(H,16,17)(H,18,19)/p-1. The van der Waals surface area contributed by atoms with Crippen LogP contribution in [0.2, 0.25) is 0 Å². The molecule has 0 radical (unpaired) electrons. The maximum atomic E-state index is 12.4. The molecule has 1 aromatic carbocycles. The van der Waals surface area contributed by atoms with Crippen LogP contribution < -0.4 is 9.83 Å². The summed E-state index contributed by atoms with van der Waals surface area (Å²) >= 11 is 0.788. The molecule has 0 saturated heterocycles. The van der Waals surface area contributed by atoms with Gasteiger partial charge in [-0.25, -0.2) is 13.4 Å². The molecule has 0 aliphatic carbocycles. The quantitative estimate of drug-likeness (QED) is 0.860. The molecule has 23 heavy (non-hydrogen) atoms. The summed E-state index contributed by atoms with van der Waals surface area (Å²) in [7, 11) is -4.12. The fourth-order valence-electron chi connectivity index (χ4n) is 1.58. The summed E-state index contributed by atoms with van der Waals surface area (Å²) in [5, 5.41) is 10.3. The number of alkyl halides is 3. The molecule has 1 aromatic heterocycles. The molecule has 0 unspecified atom stereocenters. The van der Waals surface area contributed by atoms with Gasteiger partial charge in [0.1, 0.15) is 0 Å². The van der Waals surface area contributed by atoms with Gasteiger partial charge in [0.25, 0.3) is 10.0 Å². The van der Waals surface area contributed by atoms with E-state index in [0.29, 0.717) is 12.1 Å². The number of benzene rings is 1. The Morgan fingerprint density at radius 3 is 2.39 bits per heavy atom. The highest BCUT2D eigenvalue weighted by Gasteiger charge is 2.30. The fourth-order valence-corrected chi connectivity index (χ4v) is 3.62. The predicted molar refractivity (Wildman–Crippen MR) is 73.1 cm³/mol. The average Bonchev–Trinajstić information content (AvgIpc) is 2.83. The summed E-state index contributed by atoms with van der Waals surface area (Å²) < 4.78 is 63.5. The number of halogens is 3. The Balaban J connectivity index is 2.18. The van der Waals surface area contributed by atoms with Crippen molar-refractivity contribution in [2.24, 2.45) is 0 Å². The number of carboxylic acid groups (broad SMARTS) is 1. The van der Waals surface area contributed by atoms with Crippen LogP contribution in [0.15, 0.2) is 35.4 Å². The predicted octanol–water partition coefficient (Wildman–Crippen LogP) is 1.26. The van der Waals surface area contributed by atoms with E-state index in [0.717, 1.165) is 23.5 Å². The summed E-state index contributed by atoms with van der Waals surface area (Å²) in [6, 6.07) is 2.94. The lowest BCUT2D eigenvalue weighted by Gasteiger charge is -2.08. The molecule has 0 fully saturated rings.